The summed E-state index contributed by atoms with van der Waals surface area (Å²) in [6.07, 6.45) is 0. The van der Waals surface area contributed by atoms with Gasteiger partial charge in [-0.2, -0.15) is 0 Å². The van der Waals surface area contributed by atoms with Crippen LogP contribution in [0.25, 0.3) is 0 Å². The monoisotopic (exact) mass is 179 g/mol. The second kappa shape index (κ2) is 3.35. The molecule has 70 valence electrons. The van der Waals surface area contributed by atoms with E-state index in [1.807, 2.05) is 0 Å². The maximum atomic E-state index is 11.6. The minimum absolute atomic E-state index is 0.171. The van der Waals surface area contributed by atoms with Gasteiger partial charge in [-0.3, -0.25) is 4.79 Å². The van der Waals surface area contributed by atoms with Crippen LogP contribution in [0.5, 0.6) is 0 Å². The number of hydrogen-bond donors (Lipinski definition) is 2. The van der Waals surface area contributed by atoms with Crippen LogP contribution in [0.1, 0.15) is 10.4 Å². The number of nitrogens with two attached hydrogens (primary N) is 2. The number of rotatable bonds is 1. The third-order valence-corrected chi connectivity index (χ3v) is 1.75. The van der Waals surface area contributed by atoms with Gasteiger partial charge in [-0.15, -0.1) is 0 Å². The normalized spacial score (nSPS) is 9.69. The van der Waals surface area contributed by atoms with Gasteiger partial charge in [0.25, 0.3) is 5.91 Å². The van der Waals surface area contributed by atoms with Crippen molar-refractivity contribution in [2.75, 3.05) is 25.6 Å². The Balaban J connectivity index is 3.20. The maximum Gasteiger partial charge on any atom is 0.257 e. The summed E-state index contributed by atoms with van der Waals surface area (Å²) in [5.41, 5.74) is 12.5. The van der Waals surface area contributed by atoms with Gasteiger partial charge in [0, 0.05) is 25.5 Å². The molecule has 0 atom stereocenters. The predicted octanol–water partition coefficient (Wildman–Crippen LogP) is 0.553. The average Bonchev–Trinajstić information content (AvgIpc) is 2.03. The summed E-state index contributed by atoms with van der Waals surface area (Å²) in [6.45, 7) is 0. The van der Waals surface area contributed by atoms with Crippen molar-refractivity contribution in [2.24, 2.45) is 0 Å². The van der Waals surface area contributed by atoms with Crippen molar-refractivity contribution in [3.05, 3.63) is 23.8 Å². The first-order valence-electron chi connectivity index (χ1n) is 3.89. The molecule has 0 aliphatic heterocycles. The molecule has 1 rings (SSSR count). The lowest BCUT2D eigenvalue weighted by Crippen LogP contribution is -2.23. The largest absolute Gasteiger partial charge is 0.398 e. The summed E-state index contributed by atoms with van der Waals surface area (Å²) in [4.78, 5) is 13.0. The molecule has 4 nitrogen and oxygen atoms in total. The number of benzene rings is 1. The van der Waals surface area contributed by atoms with E-state index in [9.17, 15) is 4.79 Å². The highest BCUT2D eigenvalue weighted by Gasteiger charge is 2.14. The first-order chi connectivity index (χ1) is 6.04. The van der Waals surface area contributed by atoms with Crippen LogP contribution in [0, 0.1) is 0 Å². The third kappa shape index (κ3) is 1.72. The lowest BCUT2D eigenvalue weighted by atomic mass is 10.1. The maximum absolute atomic E-state index is 11.6. The lowest BCUT2D eigenvalue weighted by Gasteiger charge is -2.13. The van der Waals surface area contributed by atoms with Crippen molar-refractivity contribution in [3.8, 4) is 0 Å². The molecule has 0 aromatic heterocycles. The Kier molecular flexibility index (Phi) is 2.41. The number of hydrogen-bond acceptors (Lipinski definition) is 3. The summed E-state index contributed by atoms with van der Waals surface area (Å²) < 4.78 is 0. The summed E-state index contributed by atoms with van der Waals surface area (Å²) in [7, 11) is 3.32. The van der Waals surface area contributed by atoms with Crippen molar-refractivity contribution < 1.29 is 4.79 Å². The van der Waals surface area contributed by atoms with E-state index in [0.717, 1.165) is 0 Å². The highest BCUT2D eigenvalue weighted by atomic mass is 16.2. The standard InChI is InChI=1S/C9H13N3O/c1-12(2)9(13)8-6(10)4-3-5-7(8)11/h3-5H,10-11H2,1-2H3. The molecule has 0 saturated heterocycles. The van der Waals surface area contributed by atoms with E-state index in [0.29, 0.717) is 16.9 Å². The molecule has 1 aromatic rings. The van der Waals surface area contributed by atoms with Crippen LogP contribution in [0.3, 0.4) is 0 Å². The van der Waals surface area contributed by atoms with E-state index in [2.05, 4.69) is 0 Å². The third-order valence-electron chi connectivity index (χ3n) is 1.75. The quantitative estimate of drug-likeness (QED) is 0.618. The van der Waals surface area contributed by atoms with Gasteiger partial charge in [0.2, 0.25) is 0 Å². The molecule has 13 heavy (non-hydrogen) atoms. The van der Waals surface area contributed by atoms with Crippen LogP contribution in [-0.4, -0.2) is 24.9 Å². The van der Waals surface area contributed by atoms with Crippen LogP contribution >= 0.6 is 0 Å². The Morgan fingerprint density at radius 1 is 1.23 bits per heavy atom. The molecule has 1 amide bonds. The fourth-order valence-corrected chi connectivity index (χ4v) is 1.06. The lowest BCUT2D eigenvalue weighted by molar-refractivity contribution is 0.0829. The van der Waals surface area contributed by atoms with Gasteiger partial charge >= 0.3 is 0 Å². The van der Waals surface area contributed by atoms with Gasteiger partial charge < -0.3 is 16.4 Å². The Hall–Kier alpha value is -1.71. The number of carbonyl (C=O) groups is 1. The summed E-state index contributed by atoms with van der Waals surface area (Å²) in [6, 6.07) is 5.04. The molecule has 0 heterocycles. The number of nitrogens with zero attached hydrogens (tertiary/aromatic N) is 1. The molecule has 0 aliphatic carbocycles. The topological polar surface area (TPSA) is 72.3 Å². The van der Waals surface area contributed by atoms with Crippen molar-refractivity contribution in [3.63, 3.8) is 0 Å². The molecular weight excluding hydrogens is 166 g/mol. The van der Waals surface area contributed by atoms with Crippen molar-refractivity contribution in [1.82, 2.24) is 4.90 Å². The minimum atomic E-state index is -0.171. The van der Waals surface area contributed by atoms with Crippen molar-refractivity contribution >= 4 is 17.3 Å². The predicted molar refractivity (Wildman–Crippen MR) is 53.3 cm³/mol. The SMILES string of the molecule is CN(C)C(=O)c1c(N)cccc1N. The number of nitrogen functional groups attached to an aromatic ring is 2. The van der Waals surface area contributed by atoms with Crippen LogP contribution in [-0.2, 0) is 0 Å². The number of carbonyl (C=O) groups excluding carboxylic acids is 1. The van der Waals surface area contributed by atoms with E-state index in [-0.39, 0.29) is 5.91 Å². The molecule has 1 aromatic carbocycles. The fraction of sp³-hybridized carbons (Fsp3) is 0.222. The summed E-state index contributed by atoms with van der Waals surface area (Å²) in [5.74, 6) is -0.171. The molecule has 0 aliphatic rings. The van der Waals surface area contributed by atoms with Gasteiger partial charge in [-0.25, -0.2) is 0 Å². The zero-order valence-electron chi connectivity index (χ0n) is 7.74. The van der Waals surface area contributed by atoms with E-state index in [1.54, 1.807) is 32.3 Å². The Morgan fingerprint density at radius 2 is 1.69 bits per heavy atom. The molecule has 0 saturated carbocycles. The van der Waals surface area contributed by atoms with Crippen LogP contribution in [0.2, 0.25) is 0 Å². The Labute approximate surface area is 77.1 Å². The molecule has 0 bridgehead atoms. The van der Waals surface area contributed by atoms with Gasteiger partial charge in [0.1, 0.15) is 0 Å². The smallest absolute Gasteiger partial charge is 0.257 e. The molecular formula is C9H13N3O. The first kappa shape index (κ1) is 9.38. The molecule has 0 spiro atoms. The number of amides is 1. The Bertz CT molecular complexity index is 313. The molecule has 0 radical (unpaired) electrons. The van der Waals surface area contributed by atoms with Crippen LogP contribution in [0.15, 0.2) is 18.2 Å². The van der Waals surface area contributed by atoms with Gasteiger partial charge in [0.05, 0.1) is 5.56 Å². The van der Waals surface area contributed by atoms with Crippen LogP contribution in [0.4, 0.5) is 11.4 Å². The zero-order chi connectivity index (χ0) is 10.0. The van der Waals surface area contributed by atoms with Gasteiger partial charge in [-0.05, 0) is 12.1 Å². The second-order valence-electron chi connectivity index (χ2n) is 3.01. The van der Waals surface area contributed by atoms with Crippen molar-refractivity contribution in [2.45, 2.75) is 0 Å². The highest BCUT2D eigenvalue weighted by Crippen LogP contribution is 2.19. The molecule has 0 fully saturated rings. The first-order valence-corrected chi connectivity index (χ1v) is 3.89. The fourth-order valence-electron chi connectivity index (χ4n) is 1.06. The van der Waals surface area contributed by atoms with Crippen molar-refractivity contribution in [1.29, 1.82) is 0 Å². The minimum Gasteiger partial charge on any atom is -0.398 e. The van der Waals surface area contributed by atoms with Gasteiger partial charge in [-0.1, -0.05) is 6.07 Å². The number of anilines is 2. The van der Waals surface area contributed by atoms with Crippen LogP contribution < -0.4 is 11.5 Å². The second-order valence-corrected chi connectivity index (χ2v) is 3.01. The van der Waals surface area contributed by atoms with E-state index < -0.39 is 0 Å². The highest BCUT2D eigenvalue weighted by molar-refractivity contribution is 6.03. The Morgan fingerprint density at radius 3 is 2.08 bits per heavy atom. The van der Waals surface area contributed by atoms with E-state index in [1.165, 1.54) is 4.90 Å². The van der Waals surface area contributed by atoms with E-state index in [4.69, 9.17) is 11.5 Å². The average molecular weight is 179 g/mol. The molecule has 0 unspecified atom stereocenters. The van der Waals surface area contributed by atoms with Gasteiger partial charge in [0.15, 0.2) is 0 Å². The zero-order valence-corrected chi connectivity index (χ0v) is 7.74. The summed E-state index contributed by atoms with van der Waals surface area (Å²) >= 11 is 0. The van der Waals surface area contributed by atoms with E-state index >= 15 is 0 Å². The molecule has 4 heteroatoms. The molecule has 4 N–H and O–H groups in total. The summed E-state index contributed by atoms with van der Waals surface area (Å²) in [5, 5.41) is 0.